The van der Waals surface area contributed by atoms with Crippen LogP contribution in [-0.4, -0.2) is 9.97 Å². The van der Waals surface area contributed by atoms with Gasteiger partial charge in [-0.25, -0.2) is 9.97 Å². The molecular weight excluding hydrogens is 293 g/mol. The lowest BCUT2D eigenvalue weighted by Gasteiger charge is -2.16. The Balaban J connectivity index is 1.82. The number of rotatable bonds is 4. The molecule has 1 fully saturated rings. The maximum Gasteiger partial charge on any atom is 0.135 e. The molecule has 0 radical (unpaired) electrons. The van der Waals surface area contributed by atoms with Gasteiger partial charge >= 0.3 is 0 Å². The van der Waals surface area contributed by atoms with Crippen LogP contribution in [0.25, 0.3) is 0 Å². The Morgan fingerprint density at radius 1 is 1.20 bits per heavy atom. The predicted octanol–water partition coefficient (Wildman–Crippen LogP) is 4.83. The van der Waals surface area contributed by atoms with E-state index in [-0.39, 0.29) is 6.04 Å². The molecule has 1 aliphatic rings. The zero-order valence-electron chi connectivity index (χ0n) is 11.1. The normalized spacial score (nSPS) is 15.9. The van der Waals surface area contributed by atoms with Crippen LogP contribution in [0.5, 0.6) is 0 Å². The van der Waals surface area contributed by atoms with E-state index in [0.717, 1.165) is 35.1 Å². The van der Waals surface area contributed by atoms with E-state index >= 15 is 0 Å². The van der Waals surface area contributed by atoms with Crippen molar-refractivity contribution in [1.82, 2.24) is 9.97 Å². The molecule has 0 amide bonds. The molecule has 0 saturated heterocycles. The van der Waals surface area contributed by atoms with Crippen LogP contribution in [0.2, 0.25) is 10.2 Å². The van der Waals surface area contributed by atoms with Gasteiger partial charge in [-0.15, -0.1) is 0 Å². The largest absolute Gasteiger partial charge is 0.363 e. The summed E-state index contributed by atoms with van der Waals surface area (Å²) in [5.41, 5.74) is 1.04. The van der Waals surface area contributed by atoms with Crippen LogP contribution < -0.4 is 5.32 Å². The summed E-state index contributed by atoms with van der Waals surface area (Å²) in [6.45, 7) is 2.05. The van der Waals surface area contributed by atoms with Crippen LogP contribution in [0.4, 0.5) is 5.82 Å². The monoisotopic (exact) mass is 307 g/mol. The quantitative estimate of drug-likeness (QED) is 0.822. The lowest BCUT2D eigenvalue weighted by molar-refractivity contribution is 0.854. The number of nitrogens with one attached hydrogen (secondary N) is 1. The van der Waals surface area contributed by atoms with E-state index < -0.39 is 0 Å². The van der Waals surface area contributed by atoms with Gasteiger partial charge in [-0.05, 0) is 31.4 Å². The molecule has 5 heteroatoms. The molecule has 0 spiro atoms. The zero-order valence-corrected chi connectivity index (χ0v) is 12.6. The topological polar surface area (TPSA) is 37.8 Å². The first-order chi connectivity index (χ1) is 9.63. The minimum Gasteiger partial charge on any atom is -0.363 e. The molecule has 3 nitrogen and oxygen atoms in total. The summed E-state index contributed by atoms with van der Waals surface area (Å²) >= 11 is 12.3. The Morgan fingerprint density at radius 2 is 1.95 bits per heavy atom. The number of benzene rings is 1. The van der Waals surface area contributed by atoms with E-state index in [9.17, 15) is 0 Å². The third-order valence-electron chi connectivity index (χ3n) is 3.39. The van der Waals surface area contributed by atoms with Gasteiger partial charge in [0.1, 0.15) is 16.8 Å². The molecule has 1 saturated carbocycles. The first-order valence-corrected chi connectivity index (χ1v) is 7.44. The van der Waals surface area contributed by atoms with Crippen LogP contribution in [0, 0.1) is 0 Å². The van der Waals surface area contributed by atoms with Gasteiger partial charge in [0.05, 0.1) is 6.04 Å². The Kier molecular flexibility index (Phi) is 3.81. The van der Waals surface area contributed by atoms with Crippen molar-refractivity contribution in [2.45, 2.75) is 31.7 Å². The number of aromatic nitrogens is 2. The molecule has 1 aromatic carbocycles. The van der Waals surface area contributed by atoms with E-state index in [1.165, 1.54) is 0 Å². The van der Waals surface area contributed by atoms with Gasteiger partial charge in [0.15, 0.2) is 0 Å². The van der Waals surface area contributed by atoms with Gasteiger partial charge in [-0.3, -0.25) is 0 Å². The molecular formula is C15H15Cl2N3. The second kappa shape index (κ2) is 5.58. The fraction of sp³-hybridized carbons (Fsp3) is 0.333. The van der Waals surface area contributed by atoms with E-state index in [2.05, 4.69) is 15.3 Å². The first-order valence-electron chi connectivity index (χ1n) is 6.69. The van der Waals surface area contributed by atoms with Gasteiger partial charge in [-0.2, -0.15) is 0 Å². The summed E-state index contributed by atoms with van der Waals surface area (Å²) in [4.78, 5) is 8.82. The fourth-order valence-corrected chi connectivity index (χ4v) is 2.65. The maximum atomic E-state index is 6.21. The number of halogens is 2. The first kappa shape index (κ1) is 13.7. The maximum absolute atomic E-state index is 6.21. The lowest BCUT2D eigenvalue weighted by Crippen LogP contribution is -2.09. The molecule has 1 heterocycles. The minimum atomic E-state index is 0.0571. The average Bonchev–Trinajstić information content (AvgIpc) is 3.22. The third kappa shape index (κ3) is 3.05. The molecule has 2 aromatic rings. The molecule has 3 rings (SSSR count). The molecule has 0 aliphatic heterocycles. The summed E-state index contributed by atoms with van der Waals surface area (Å²) in [5, 5.41) is 4.57. The highest BCUT2D eigenvalue weighted by molar-refractivity contribution is 6.31. The lowest BCUT2D eigenvalue weighted by atomic mass is 10.1. The molecule has 104 valence electrons. The Hall–Kier alpha value is -1.32. The van der Waals surface area contributed by atoms with Crippen molar-refractivity contribution in [3.8, 4) is 0 Å². The standard InChI is InChI=1S/C15H15Cl2N3/c1-9(11-4-2-3-5-12(11)16)18-14-8-13(17)19-15(20-14)10-6-7-10/h2-5,8-10H,6-7H2,1H3,(H,18,19,20). The average molecular weight is 308 g/mol. The zero-order chi connectivity index (χ0) is 14.1. The number of hydrogen-bond acceptors (Lipinski definition) is 3. The van der Waals surface area contributed by atoms with Crippen LogP contribution >= 0.6 is 23.2 Å². The molecule has 20 heavy (non-hydrogen) atoms. The summed E-state index contributed by atoms with van der Waals surface area (Å²) in [6.07, 6.45) is 2.31. The molecule has 1 N–H and O–H groups in total. The summed E-state index contributed by atoms with van der Waals surface area (Å²) in [6, 6.07) is 9.60. The second-order valence-corrected chi connectivity index (χ2v) is 5.89. The summed E-state index contributed by atoms with van der Waals surface area (Å²) in [7, 11) is 0. The van der Waals surface area contributed by atoms with Gasteiger partial charge in [0.25, 0.3) is 0 Å². The molecule has 1 atom stereocenters. The Bertz CT molecular complexity index is 626. The van der Waals surface area contributed by atoms with Crippen molar-refractivity contribution in [3.05, 3.63) is 51.9 Å². The van der Waals surface area contributed by atoms with Crippen LogP contribution in [0.3, 0.4) is 0 Å². The van der Waals surface area contributed by atoms with E-state index in [1.807, 2.05) is 31.2 Å². The highest BCUT2D eigenvalue weighted by atomic mass is 35.5. The van der Waals surface area contributed by atoms with Crippen molar-refractivity contribution in [3.63, 3.8) is 0 Å². The second-order valence-electron chi connectivity index (χ2n) is 5.10. The number of anilines is 1. The van der Waals surface area contributed by atoms with Crippen LogP contribution in [0.1, 0.15) is 43.1 Å². The highest BCUT2D eigenvalue weighted by Gasteiger charge is 2.27. The van der Waals surface area contributed by atoms with E-state index in [0.29, 0.717) is 11.1 Å². The SMILES string of the molecule is CC(Nc1cc(Cl)nc(C2CC2)n1)c1ccccc1Cl. The van der Waals surface area contributed by atoms with Crippen molar-refractivity contribution >= 4 is 29.0 Å². The van der Waals surface area contributed by atoms with Gasteiger partial charge in [-0.1, -0.05) is 41.4 Å². The summed E-state index contributed by atoms with van der Waals surface area (Å²) < 4.78 is 0. The van der Waals surface area contributed by atoms with Gasteiger partial charge in [0.2, 0.25) is 0 Å². The summed E-state index contributed by atoms with van der Waals surface area (Å²) in [5.74, 6) is 2.07. The minimum absolute atomic E-state index is 0.0571. The molecule has 1 unspecified atom stereocenters. The Labute approximate surface area is 128 Å². The number of hydrogen-bond donors (Lipinski definition) is 1. The third-order valence-corrected chi connectivity index (χ3v) is 3.93. The van der Waals surface area contributed by atoms with Crippen molar-refractivity contribution in [2.75, 3.05) is 5.32 Å². The van der Waals surface area contributed by atoms with E-state index in [1.54, 1.807) is 6.07 Å². The fourth-order valence-electron chi connectivity index (χ4n) is 2.16. The van der Waals surface area contributed by atoms with Crippen molar-refractivity contribution in [2.24, 2.45) is 0 Å². The molecule has 0 bridgehead atoms. The van der Waals surface area contributed by atoms with Crippen molar-refractivity contribution in [1.29, 1.82) is 0 Å². The van der Waals surface area contributed by atoms with Crippen molar-refractivity contribution < 1.29 is 0 Å². The smallest absolute Gasteiger partial charge is 0.135 e. The highest BCUT2D eigenvalue weighted by Crippen LogP contribution is 2.39. The van der Waals surface area contributed by atoms with E-state index in [4.69, 9.17) is 23.2 Å². The predicted molar refractivity (Wildman–Crippen MR) is 82.5 cm³/mol. The van der Waals surface area contributed by atoms with Crippen LogP contribution in [0.15, 0.2) is 30.3 Å². The Morgan fingerprint density at radius 3 is 2.65 bits per heavy atom. The number of nitrogens with zero attached hydrogens (tertiary/aromatic N) is 2. The van der Waals surface area contributed by atoms with Gasteiger partial charge in [0, 0.05) is 17.0 Å². The van der Waals surface area contributed by atoms with Crippen LogP contribution in [-0.2, 0) is 0 Å². The van der Waals surface area contributed by atoms with Gasteiger partial charge < -0.3 is 5.32 Å². The molecule has 1 aliphatic carbocycles. The molecule has 1 aromatic heterocycles.